The lowest BCUT2D eigenvalue weighted by Gasteiger charge is -2.25. The van der Waals surface area contributed by atoms with Gasteiger partial charge in [-0.15, -0.1) is 11.3 Å². The zero-order valence-corrected chi connectivity index (χ0v) is 19.6. The van der Waals surface area contributed by atoms with E-state index in [-0.39, 0.29) is 0 Å². The predicted molar refractivity (Wildman–Crippen MR) is 129 cm³/mol. The van der Waals surface area contributed by atoms with Gasteiger partial charge in [0.2, 0.25) is 0 Å². The van der Waals surface area contributed by atoms with Crippen molar-refractivity contribution in [3.05, 3.63) is 64.1 Å². The molecular weight excluding hydrogens is 420 g/mol. The summed E-state index contributed by atoms with van der Waals surface area (Å²) in [7, 11) is 0. The van der Waals surface area contributed by atoms with Gasteiger partial charge in [-0.3, -0.25) is 4.90 Å². The number of fused-ring (bicyclic) bond motifs is 1. The first kappa shape index (κ1) is 21.1. The number of benzene rings is 1. The minimum Gasteiger partial charge on any atom is -0.379 e. The highest BCUT2D eigenvalue weighted by Gasteiger charge is 2.18. The largest absolute Gasteiger partial charge is 0.379 e. The molecule has 0 aliphatic carbocycles. The van der Waals surface area contributed by atoms with Crippen molar-refractivity contribution in [1.82, 2.24) is 24.6 Å². The number of aromatic nitrogens is 4. The third kappa shape index (κ3) is 4.26. The van der Waals surface area contributed by atoms with Crippen LogP contribution in [0.1, 0.15) is 27.5 Å². The second-order valence-electron chi connectivity index (χ2n) is 8.22. The van der Waals surface area contributed by atoms with Gasteiger partial charge in [0.05, 0.1) is 36.5 Å². The highest BCUT2D eigenvalue weighted by Crippen LogP contribution is 2.34. The van der Waals surface area contributed by atoms with Crippen LogP contribution >= 0.6 is 11.3 Å². The van der Waals surface area contributed by atoms with Gasteiger partial charge in [0.1, 0.15) is 16.5 Å². The minimum absolute atomic E-state index is 0.659. The molecule has 1 aliphatic rings. The van der Waals surface area contributed by atoms with Crippen LogP contribution in [0.5, 0.6) is 0 Å². The van der Waals surface area contributed by atoms with Crippen molar-refractivity contribution in [2.75, 3.05) is 31.6 Å². The number of thiophene rings is 1. The molecule has 1 N–H and O–H groups in total. The smallest absolute Gasteiger partial charge is 0.146 e. The number of hydrogen-bond acceptors (Lipinski definition) is 7. The lowest BCUT2D eigenvalue weighted by molar-refractivity contribution is 0.0331. The van der Waals surface area contributed by atoms with E-state index in [9.17, 15) is 0 Å². The summed E-state index contributed by atoms with van der Waals surface area (Å²) in [6, 6.07) is 10.4. The fourth-order valence-electron chi connectivity index (χ4n) is 4.06. The molecule has 8 heteroatoms. The molecular formula is C24H28N6OS. The lowest BCUT2D eigenvalue weighted by Crippen LogP contribution is -2.36. The molecule has 166 valence electrons. The molecule has 7 nitrogen and oxygen atoms in total. The number of aryl methyl sites for hydroxylation is 3. The number of nitrogens with zero attached hydrogens (tertiary/aromatic N) is 5. The van der Waals surface area contributed by atoms with Gasteiger partial charge in [-0.2, -0.15) is 5.10 Å². The van der Waals surface area contributed by atoms with Crippen molar-refractivity contribution in [3.63, 3.8) is 0 Å². The Bertz CT molecular complexity index is 1240. The van der Waals surface area contributed by atoms with Gasteiger partial charge >= 0.3 is 0 Å². The maximum absolute atomic E-state index is 5.49. The lowest BCUT2D eigenvalue weighted by atomic mass is 10.1. The van der Waals surface area contributed by atoms with E-state index in [0.717, 1.165) is 66.1 Å². The Kier molecular flexibility index (Phi) is 5.91. The number of para-hydroxylation sites is 1. The second-order valence-corrected chi connectivity index (χ2v) is 9.43. The van der Waals surface area contributed by atoms with Crippen LogP contribution in [0.15, 0.2) is 36.5 Å². The van der Waals surface area contributed by atoms with Gasteiger partial charge in [-0.05, 0) is 44.0 Å². The maximum Gasteiger partial charge on any atom is 0.146 e. The quantitative estimate of drug-likeness (QED) is 0.476. The summed E-state index contributed by atoms with van der Waals surface area (Å²) < 4.78 is 7.42. The van der Waals surface area contributed by atoms with Crippen LogP contribution < -0.4 is 5.32 Å². The minimum atomic E-state index is 0.659. The predicted octanol–water partition coefficient (Wildman–Crippen LogP) is 4.25. The average molecular weight is 449 g/mol. The Morgan fingerprint density at radius 1 is 1.06 bits per heavy atom. The summed E-state index contributed by atoms with van der Waals surface area (Å²) >= 11 is 1.75. The maximum atomic E-state index is 5.49. The molecule has 0 spiro atoms. The number of hydrogen-bond donors (Lipinski definition) is 1. The molecule has 0 bridgehead atoms. The van der Waals surface area contributed by atoms with E-state index in [1.54, 1.807) is 11.3 Å². The van der Waals surface area contributed by atoms with Crippen molar-refractivity contribution in [2.24, 2.45) is 0 Å². The van der Waals surface area contributed by atoms with Gasteiger partial charge < -0.3 is 10.1 Å². The van der Waals surface area contributed by atoms with Crippen LogP contribution in [0.4, 0.5) is 5.82 Å². The molecule has 1 aromatic carbocycles. The Hall–Kier alpha value is -2.81. The first-order valence-electron chi connectivity index (χ1n) is 11.0. The first-order chi connectivity index (χ1) is 15.6. The van der Waals surface area contributed by atoms with Crippen LogP contribution in [-0.2, 0) is 17.8 Å². The molecule has 4 heterocycles. The van der Waals surface area contributed by atoms with Crippen LogP contribution in [0.25, 0.3) is 15.9 Å². The van der Waals surface area contributed by atoms with Crippen LogP contribution in [-0.4, -0.2) is 51.0 Å². The molecule has 5 rings (SSSR count). The highest BCUT2D eigenvalue weighted by molar-refractivity contribution is 7.18. The van der Waals surface area contributed by atoms with Gasteiger partial charge in [-0.25, -0.2) is 14.6 Å². The third-order valence-electron chi connectivity index (χ3n) is 5.95. The van der Waals surface area contributed by atoms with Crippen molar-refractivity contribution >= 4 is 27.4 Å². The molecule has 0 saturated carbocycles. The van der Waals surface area contributed by atoms with Gasteiger partial charge in [0.25, 0.3) is 0 Å². The standard InChI is InChI=1S/C24H28N6OS/c1-16-8-9-30(28-16)20-7-5-4-6-19(20)14-25-23-22-17(2)18(3)32-24(22)27-21(26-23)15-29-10-12-31-13-11-29/h4-9H,10-15H2,1-3H3,(H,25,26,27). The van der Waals surface area contributed by atoms with Gasteiger partial charge in [0, 0.05) is 30.7 Å². The number of rotatable bonds is 6. The van der Waals surface area contributed by atoms with E-state index in [1.807, 2.05) is 29.9 Å². The van der Waals surface area contributed by atoms with E-state index in [2.05, 4.69) is 47.4 Å². The second kappa shape index (κ2) is 8.97. The number of morpholine rings is 1. The van der Waals surface area contributed by atoms with E-state index in [4.69, 9.17) is 14.7 Å². The molecule has 3 aromatic heterocycles. The highest BCUT2D eigenvalue weighted by atomic mass is 32.1. The molecule has 1 saturated heterocycles. The first-order valence-corrected chi connectivity index (χ1v) is 11.8. The summed E-state index contributed by atoms with van der Waals surface area (Å²) in [6.07, 6.45) is 2.00. The molecule has 32 heavy (non-hydrogen) atoms. The Labute approximate surface area is 192 Å². The molecule has 1 fully saturated rings. The summed E-state index contributed by atoms with van der Waals surface area (Å²) in [5.41, 5.74) is 4.50. The molecule has 1 aliphatic heterocycles. The summed E-state index contributed by atoms with van der Waals surface area (Å²) in [5.74, 6) is 1.77. The number of nitrogens with one attached hydrogen (secondary N) is 1. The van der Waals surface area contributed by atoms with Crippen LogP contribution in [0.2, 0.25) is 0 Å². The van der Waals surface area contributed by atoms with Gasteiger partial charge in [0.15, 0.2) is 0 Å². The zero-order chi connectivity index (χ0) is 22.1. The molecule has 0 unspecified atom stereocenters. The third-order valence-corrected chi connectivity index (χ3v) is 7.05. The molecule has 0 radical (unpaired) electrons. The van der Waals surface area contributed by atoms with E-state index >= 15 is 0 Å². The normalized spacial score (nSPS) is 14.8. The van der Waals surface area contributed by atoms with E-state index < -0.39 is 0 Å². The van der Waals surface area contributed by atoms with Crippen molar-refractivity contribution in [3.8, 4) is 5.69 Å². The fourth-order valence-corrected chi connectivity index (χ4v) is 5.11. The number of ether oxygens (including phenoxy) is 1. The number of anilines is 1. The summed E-state index contributed by atoms with van der Waals surface area (Å²) in [6.45, 7) is 11.1. The molecule has 0 atom stereocenters. The van der Waals surface area contributed by atoms with Crippen molar-refractivity contribution in [2.45, 2.75) is 33.9 Å². The Balaban J connectivity index is 1.46. The van der Waals surface area contributed by atoms with Gasteiger partial charge in [-0.1, -0.05) is 18.2 Å². The van der Waals surface area contributed by atoms with Crippen molar-refractivity contribution < 1.29 is 4.74 Å². The average Bonchev–Trinajstić information content (AvgIpc) is 3.35. The monoisotopic (exact) mass is 448 g/mol. The van der Waals surface area contributed by atoms with Crippen LogP contribution in [0.3, 0.4) is 0 Å². The Morgan fingerprint density at radius 3 is 2.66 bits per heavy atom. The topological polar surface area (TPSA) is 68.1 Å². The Morgan fingerprint density at radius 2 is 1.88 bits per heavy atom. The van der Waals surface area contributed by atoms with E-state index in [1.165, 1.54) is 16.0 Å². The molecule has 0 amide bonds. The summed E-state index contributed by atoms with van der Waals surface area (Å²) in [4.78, 5) is 14.6. The summed E-state index contributed by atoms with van der Waals surface area (Å²) in [5, 5.41) is 9.35. The SMILES string of the molecule is Cc1ccn(-c2ccccc2CNc2nc(CN3CCOCC3)nc3sc(C)c(C)c23)n1. The van der Waals surface area contributed by atoms with Crippen molar-refractivity contribution in [1.29, 1.82) is 0 Å². The van der Waals surface area contributed by atoms with Crippen LogP contribution in [0, 0.1) is 20.8 Å². The fraction of sp³-hybridized carbons (Fsp3) is 0.375. The van der Waals surface area contributed by atoms with E-state index in [0.29, 0.717) is 6.54 Å². The zero-order valence-electron chi connectivity index (χ0n) is 18.8. The molecule has 4 aromatic rings.